The first-order valence-electron chi connectivity index (χ1n) is 5.56. The maximum atomic E-state index is 12.6. The van der Waals surface area contributed by atoms with Crippen molar-refractivity contribution in [3.8, 4) is 0 Å². The number of aliphatic hydroxyl groups is 1. The van der Waals surface area contributed by atoms with Gasteiger partial charge in [0.05, 0.1) is 18.5 Å². The number of halogens is 3. The van der Waals surface area contributed by atoms with Crippen molar-refractivity contribution < 1.29 is 18.3 Å². The Bertz CT molecular complexity index is 777. The lowest BCUT2D eigenvalue weighted by atomic mass is 10.2. The second kappa shape index (κ2) is 4.75. The fraction of sp³-hybridized carbons (Fsp3) is 0.364. The topological polar surface area (TPSA) is 77.1 Å². The van der Waals surface area contributed by atoms with Gasteiger partial charge in [0.2, 0.25) is 0 Å². The van der Waals surface area contributed by atoms with Crippen LogP contribution in [0.4, 0.5) is 13.2 Å². The third-order valence-corrected chi connectivity index (χ3v) is 2.80. The van der Waals surface area contributed by atoms with Crippen molar-refractivity contribution in [2.75, 3.05) is 6.61 Å². The van der Waals surface area contributed by atoms with E-state index < -0.39 is 29.7 Å². The van der Waals surface area contributed by atoms with Gasteiger partial charge < -0.3 is 5.11 Å². The highest BCUT2D eigenvalue weighted by Crippen LogP contribution is 2.28. The minimum atomic E-state index is -4.66. The minimum Gasteiger partial charge on any atom is -0.395 e. The smallest absolute Gasteiger partial charge is 0.395 e. The highest BCUT2D eigenvalue weighted by atomic mass is 19.4. The first-order valence-corrected chi connectivity index (χ1v) is 5.56. The molecule has 0 saturated heterocycles. The maximum Gasteiger partial charge on any atom is 0.433 e. The number of alkyl halides is 3. The first kappa shape index (κ1) is 14.3. The number of aryl methyl sites for hydroxylation is 1. The Morgan fingerprint density at radius 3 is 2.50 bits per heavy atom. The molecule has 0 bridgehead atoms. The predicted molar refractivity (Wildman–Crippen MR) is 63.3 cm³/mol. The molecule has 0 spiro atoms. The molecule has 9 heteroatoms. The van der Waals surface area contributed by atoms with Crippen LogP contribution in [0.15, 0.2) is 21.7 Å². The van der Waals surface area contributed by atoms with Crippen LogP contribution in [-0.4, -0.2) is 25.8 Å². The molecular formula is C11H10F3N3O3. The number of rotatable bonds is 2. The summed E-state index contributed by atoms with van der Waals surface area (Å²) < 4.78 is 39.3. The van der Waals surface area contributed by atoms with Gasteiger partial charge in [-0.2, -0.15) is 13.2 Å². The molecule has 0 aromatic carbocycles. The third-order valence-electron chi connectivity index (χ3n) is 2.80. The fourth-order valence-corrected chi connectivity index (χ4v) is 1.83. The van der Waals surface area contributed by atoms with Crippen molar-refractivity contribution in [3.05, 3.63) is 38.7 Å². The van der Waals surface area contributed by atoms with Gasteiger partial charge in [0.25, 0.3) is 5.56 Å². The monoisotopic (exact) mass is 289 g/mol. The van der Waals surface area contributed by atoms with Crippen LogP contribution < -0.4 is 11.2 Å². The van der Waals surface area contributed by atoms with Crippen molar-refractivity contribution >= 4 is 11.0 Å². The molecule has 0 aliphatic carbocycles. The predicted octanol–water partition coefficient (Wildman–Crippen LogP) is 0.106. The average Bonchev–Trinajstić information content (AvgIpc) is 2.39. The summed E-state index contributed by atoms with van der Waals surface area (Å²) in [6.45, 7) is -0.669. The lowest BCUT2D eigenvalue weighted by Crippen LogP contribution is -2.40. The summed E-state index contributed by atoms with van der Waals surface area (Å²) in [6, 6.07) is 1.65. The van der Waals surface area contributed by atoms with Crippen LogP contribution in [-0.2, 0) is 19.8 Å². The molecule has 0 aliphatic heterocycles. The van der Waals surface area contributed by atoms with Crippen LogP contribution in [0.3, 0.4) is 0 Å². The van der Waals surface area contributed by atoms with Crippen LogP contribution in [0, 0.1) is 0 Å². The Hall–Kier alpha value is -2.16. The van der Waals surface area contributed by atoms with E-state index in [0.717, 1.165) is 15.2 Å². The molecule has 0 aliphatic rings. The lowest BCUT2D eigenvalue weighted by Gasteiger charge is -2.11. The van der Waals surface area contributed by atoms with Gasteiger partial charge in [-0.15, -0.1) is 0 Å². The van der Waals surface area contributed by atoms with Crippen molar-refractivity contribution in [1.82, 2.24) is 14.1 Å². The van der Waals surface area contributed by atoms with E-state index in [1.54, 1.807) is 0 Å². The van der Waals surface area contributed by atoms with Crippen molar-refractivity contribution in [3.63, 3.8) is 0 Å². The SMILES string of the molecule is Cn1c(=O)n(CCO)c(=O)c2ccc(C(F)(F)F)nc21. The summed E-state index contributed by atoms with van der Waals surface area (Å²) in [6.07, 6.45) is -4.66. The largest absolute Gasteiger partial charge is 0.433 e. The molecule has 2 heterocycles. The van der Waals surface area contributed by atoms with E-state index in [4.69, 9.17) is 5.11 Å². The summed E-state index contributed by atoms with van der Waals surface area (Å²) >= 11 is 0. The van der Waals surface area contributed by atoms with Crippen molar-refractivity contribution in [1.29, 1.82) is 0 Å². The average molecular weight is 289 g/mol. The van der Waals surface area contributed by atoms with Crippen LogP contribution >= 0.6 is 0 Å². The zero-order valence-electron chi connectivity index (χ0n) is 10.3. The summed E-state index contributed by atoms with van der Waals surface area (Å²) in [4.78, 5) is 27.1. The normalized spacial score (nSPS) is 12.1. The quantitative estimate of drug-likeness (QED) is 0.851. The maximum absolute atomic E-state index is 12.6. The molecule has 2 rings (SSSR count). The van der Waals surface area contributed by atoms with E-state index in [0.29, 0.717) is 6.07 Å². The van der Waals surface area contributed by atoms with Crippen LogP contribution in [0.2, 0.25) is 0 Å². The van der Waals surface area contributed by atoms with Gasteiger partial charge in [-0.1, -0.05) is 0 Å². The number of aliphatic hydroxyl groups excluding tert-OH is 1. The number of hydrogen-bond donors (Lipinski definition) is 1. The third kappa shape index (κ3) is 2.20. The molecule has 2 aromatic rings. The molecule has 0 amide bonds. The second-order valence-corrected chi connectivity index (χ2v) is 4.09. The lowest BCUT2D eigenvalue weighted by molar-refractivity contribution is -0.141. The number of aromatic nitrogens is 3. The van der Waals surface area contributed by atoms with Crippen molar-refractivity contribution in [2.45, 2.75) is 12.7 Å². The van der Waals surface area contributed by atoms with Gasteiger partial charge in [0.1, 0.15) is 11.3 Å². The molecule has 0 atom stereocenters. The Morgan fingerprint density at radius 1 is 1.30 bits per heavy atom. The highest BCUT2D eigenvalue weighted by Gasteiger charge is 2.33. The standard InChI is InChI=1S/C11H10F3N3O3/c1-16-8-6(2-3-7(15-8)11(12,13)14)9(19)17(4-5-18)10(16)20/h2-3,18H,4-5H2,1H3. The molecular weight excluding hydrogens is 279 g/mol. The van der Waals surface area contributed by atoms with Gasteiger partial charge in [0, 0.05) is 7.05 Å². The molecule has 0 saturated carbocycles. The Morgan fingerprint density at radius 2 is 1.95 bits per heavy atom. The molecule has 0 fully saturated rings. The summed E-state index contributed by atoms with van der Waals surface area (Å²) in [5.74, 6) is 0. The number of nitrogens with zero attached hydrogens (tertiary/aromatic N) is 3. The van der Waals surface area contributed by atoms with E-state index in [1.165, 1.54) is 7.05 Å². The summed E-state index contributed by atoms with van der Waals surface area (Å²) in [7, 11) is 1.21. The van der Waals surface area contributed by atoms with E-state index in [-0.39, 0.29) is 17.6 Å². The van der Waals surface area contributed by atoms with Gasteiger partial charge in [0.15, 0.2) is 0 Å². The van der Waals surface area contributed by atoms with E-state index in [1.807, 2.05) is 0 Å². The van der Waals surface area contributed by atoms with Crippen LogP contribution in [0.25, 0.3) is 11.0 Å². The number of pyridine rings is 1. The highest BCUT2D eigenvalue weighted by molar-refractivity contribution is 5.74. The molecule has 0 radical (unpaired) electrons. The van der Waals surface area contributed by atoms with Gasteiger partial charge in [-0.25, -0.2) is 9.78 Å². The molecule has 1 N–H and O–H groups in total. The van der Waals surface area contributed by atoms with E-state index in [2.05, 4.69) is 4.98 Å². The van der Waals surface area contributed by atoms with Gasteiger partial charge in [-0.3, -0.25) is 13.9 Å². The van der Waals surface area contributed by atoms with Gasteiger partial charge >= 0.3 is 11.9 Å². The molecule has 2 aromatic heterocycles. The Labute approximate surface area is 109 Å². The zero-order chi connectivity index (χ0) is 15.1. The van der Waals surface area contributed by atoms with E-state index >= 15 is 0 Å². The minimum absolute atomic E-state index is 0.117. The molecule has 0 unspecified atom stereocenters. The second-order valence-electron chi connectivity index (χ2n) is 4.09. The van der Waals surface area contributed by atoms with Gasteiger partial charge in [-0.05, 0) is 12.1 Å². The molecule has 6 nitrogen and oxygen atoms in total. The summed E-state index contributed by atoms with van der Waals surface area (Å²) in [5.41, 5.74) is -3.13. The molecule has 20 heavy (non-hydrogen) atoms. The summed E-state index contributed by atoms with van der Waals surface area (Å²) in [5, 5.41) is 8.69. The number of hydrogen-bond acceptors (Lipinski definition) is 4. The van der Waals surface area contributed by atoms with Crippen LogP contribution in [0.5, 0.6) is 0 Å². The zero-order valence-corrected chi connectivity index (χ0v) is 10.3. The van der Waals surface area contributed by atoms with E-state index in [9.17, 15) is 22.8 Å². The van der Waals surface area contributed by atoms with Crippen molar-refractivity contribution in [2.24, 2.45) is 7.05 Å². The Kier molecular flexibility index (Phi) is 3.38. The Balaban J connectivity index is 2.86. The number of fused-ring (bicyclic) bond motifs is 1. The molecule has 108 valence electrons. The van der Waals surface area contributed by atoms with Crippen LogP contribution in [0.1, 0.15) is 5.69 Å². The fourth-order valence-electron chi connectivity index (χ4n) is 1.83. The first-order chi connectivity index (χ1) is 9.27.